The van der Waals surface area contributed by atoms with Gasteiger partial charge < -0.3 is 14.9 Å². The molecule has 0 bridgehead atoms. The number of pyridine rings is 1. The zero-order chi connectivity index (χ0) is 10.8. The lowest BCUT2D eigenvalue weighted by molar-refractivity contribution is -0.389. The van der Waals surface area contributed by atoms with Gasteiger partial charge in [-0.05, 0) is 22.7 Å². The molecule has 0 spiro atoms. The van der Waals surface area contributed by atoms with Crippen LogP contribution in [-0.2, 0) is 0 Å². The lowest BCUT2D eigenvalue weighted by Gasteiger charge is -2.02. The van der Waals surface area contributed by atoms with E-state index in [1.165, 1.54) is 12.3 Å². The van der Waals surface area contributed by atoms with Gasteiger partial charge in [-0.25, -0.2) is 0 Å². The molecule has 6 nitrogen and oxygen atoms in total. The van der Waals surface area contributed by atoms with E-state index in [0.717, 1.165) is 12.8 Å². The molecule has 0 amide bonds. The van der Waals surface area contributed by atoms with Gasteiger partial charge in [-0.2, -0.15) is 0 Å². The Morgan fingerprint density at radius 1 is 1.60 bits per heavy atom. The van der Waals surface area contributed by atoms with Gasteiger partial charge in [0.15, 0.2) is 18.2 Å². The fourth-order valence-corrected chi connectivity index (χ4v) is 1.14. The van der Waals surface area contributed by atoms with Gasteiger partial charge in [0.05, 0.1) is 6.10 Å². The van der Waals surface area contributed by atoms with E-state index in [1.54, 1.807) is 0 Å². The summed E-state index contributed by atoms with van der Waals surface area (Å²) < 4.78 is 5.36. The molecular formula is C9H8N2O4. The normalized spacial score (nSPS) is 14.7. The highest BCUT2D eigenvalue weighted by molar-refractivity contribution is 5.80. The molecule has 0 radical (unpaired) electrons. The third-order valence-corrected chi connectivity index (χ3v) is 2.00. The van der Waals surface area contributed by atoms with Crippen molar-refractivity contribution in [3.8, 4) is 5.75 Å². The smallest absolute Gasteiger partial charge is 0.374 e. The molecule has 15 heavy (non-hydrogen) atoms. The number of nitrogens with zero attached hydrogens (tertiary/aromatic N) is 2. The van der Waals surface area contributed by atoms with Crippen molar-refractivity contribution >= 4 is 12.1 Å². The molecule has 0 aromatic carbocycles. The molecule has 0 unspecified atom stereocenters. The molecule has 2 rings (SSSR count). The molecule has 78 valence electrons. The van der Waals surface area contributed by atoms with Gasteiger partial charge in [0.1, 0.15) is 5.56 Å². The highest BCUT2D eigenvalue weighted by Crippen LogP contribution is 2.28. The largest absolute Gasteiger partial charge is 0.486 e. The Labute approximate surface area is 85.0 Å². The molecule has 1 saturated carbocycles. The number of hydrogen-bond acceptors (Lipinski definition) is 5. The molecule has 0 N–H and O–H groups in total. The molecule has 1 aromatic rings. The summed E-state index contributed by atoms with van der Waals surface area (Å²) in [5.41, 5.74) is -0.0573. The van der Waals surface area contributed by atoms with Crippen LogP contribution < -0.4 is 4.74 Å². The van der Waals surface area contributed by atoms with Crippen molar-refractivity contribution in [3.05, 3.63) is 27.9 Å². The number of ether oxygens (including phenoxy) is 1. The zero-order valence-electron chi connectivity index (χ0n) is 7.75. The first-order chi connectivity index (χ1) is 7.20. The maximum absolute atomic E-state index is 10.6. The Kier molecular flexibility index (Phi) is 2.32. The quantitative estimate of drug-likeness (QED) is 0.423. The van der Waals surface area contributed by atoms with E-state index in [-0.39, 0.29) is 11.7 Å². The topological polar surface area (TPSA) is 82.3 Å². The highest BCUT2D eigenvalue weighted by Gasteiger charge is 2.25. The van der Waals surface area contributed by atoms with Crippen LogP contribution in [0.15, 0.2) is 12.3 Å². The van der Waals surface area contributed by atoms with Crippen LogP contribution in [0.4, 0.5) is 5.82 Å². The third kappa shape index (κ3) is 2.09. The van der Waals surface area contributed by atoms with E-state index in [0.29, 0.717) is 12.0 Å². The van der Waals surface area contributed by atoms with Crippen molar-refractivity contribution < 1.29 is 14.5 Å². The van der Waals surface area contributed by atoms with Crippen LogP contribution in [0.3, 0.4) is 0 Å². The number of aldehydes is 1. The van der Waals surface area contributed by atoms with Crippen LogP contribution in [0, 0.1) is 10.1 Å². The summed E-state index contributed by atoms with van der Waals surface area (Å²) in [6, 6.07) is 1.34. The molecular weight excluding hydrogens is 200 g/mol. The van der Waals surface area contributed by atoms with Crippen LogP contribution in [0.2, 0.25) is 0 Å². The summed E-state index contributed by atoms with van der Waals surface area (Å²) in [4.78, 5) is 23.9. The second-order valence-electron chi connectivity index (χ2n) is 3.28. The fraction of sp³-hybridized carbons (Fsp3) is 0.333. The van der Waals surface area contributed by atoms with Crippen molar-refractivity contribution in [1.29, 1.82) is 0 Å². The van der Waals surface area contributed by atoms with Crippen LogP contribution in [0.5, 0.6) is 5.75 Å². The van der Waals surface area contributed by atoms with Gasteiger partial charge in [0, 0.05) is 6.07 Å². The number of hydrogen-bond donors (Lipinski definition) is 0. The number of carbonyl (C=O) groups excluding carboxylic acids is 1. The Morgan fingerprint density at radius 3 is 2.87 bits per heavy atom. The van der Waals surface area contributed by atoms with Crippen molar-refractivity contribution in [3.63, 3.8) is 0 Å². The standard InChI is InChI=1S/C9H8N2O4/c12-5-6-3-8(15-7-1-2-7)4-10-9(6)11(13)14/h3-5,7H,1-2H2. The SMILES string of the molecule is O=Cc1cc(OC2CC2)cnc1[N+](=O)[O-]. The predicted octanol–water partition coefficient (Wildman–Crippen LogP) is 1.34. The van der Waals surface area contributed by atoms with E-state index >= 15 is 0 Å². The monoisotopic (exact) mass is 208 g/mol. The molecule has 1 heterocycles. The molecule has 1 aliphatic carbocycles. The average Bonchev–Trinajstić information content (AvgIpc) is 3.01. The van der Waals surface area contributed by atoms with Crippen molar-refractivity contribution in [2.75, 3.05) is 0 Å². The lowest BCUT2D eigenvalue weighted by atomic mass is 10.3. The van der Waals surface area contributed by atoms with Gasteiger partial charge >= 0.3 is 5.82 Å². The zero-order valence-corrected chi connectivity index (χ0v) is 7.75. The van der Waals surface area contributed by atoms with Gasteiger partial charge in [-0.15, -0.1) is 0 Å². The minimum Gasteiger partial charge on any atom is -0.486 e. The van der Waals surface area contributed by atoms with Gasteiger partial charge in [0.2, 0.25) is 0 Å². The molecule has 1 aromatic heterocycles. The van der Waals surface area contributed by atoms with Crippen molar-refractivity contribution in [2.45, 2.75) is 18.9 Å². The maximum atomic E-state index is 10.6. The Morgan fingerprint density at radius 2 is 2.33 bits per heavy atom. The molecule has 1 aliphatic rings. The summed E-state index contributed by atoms with van der Waals surface area (Å²) >= 11 is 0. The molecule has 6 heteroatoms. The van der Waals surface area contributed by atoms with Crippen LogP contribution >= 0.6 is 0 Å². The molecule has 0 atom stereocenters. The minimum absolute atomic E-state index is 0.0573. The number of carbonyl (C=O) groups is 1. The molecule has 0 aliphatic heterocycles. The van der Waals surface area contributed by atoms with E-state index < -0.39 is 10.7 Å². The lowest BCUT2D eigenvalue weighted by Crippen LogP contribution is -2.01. The summed E-state index contributed by atoms with van der Waals surface area (Å²) in [6.45, 7) is 0. The Bertz CT molecular complexity index is 415. The van der Waals surface area contributed by atoms with E-state index in [1.807, 2.05) is 0 Å². The summed E-state index contributed by atoms with van der Waals surface area (Å²) in [7, 11) is 0. The third-order valence-electron chi connectivity index (χ3n) is 2.00. The summed E-state index contributed by atoms with van der Waals surface area (Å²) in [5, 5.41) is 10.5. The first kappa shape index (κ1) is 9.57. The Hall–Kier alpha value is -1.98. The summed E-state index contributed by atoms with van der Waals surface area (Å²) in [5.74, 6) is -0.0293. The van der Waals surface area contributed by atoms with E-state index in [9.17, 15) is 14.9 Å². The van der Waals surface area contributed by atoms with E-state index in [4.69, 9.17) is 4.74 Å². The van der Waals surface area contributed by atoms with Gasteiger partial charge in [0.25, 0.3) is 0 Å². The molecule has 1 fully saturated rings. The van der Waals surface area contributed by atoms with Crippen LogP contribution in [-0.4, -0.2) is 22.3 Å². The second-order valence-corrected chi connectivity index (χ2v) is 3.28. The minimum atomic E-state index is -0.690. The first-order valence-electron chi connectivity index (χ1n) is 4.47. The van der Waals surface area contributed by atoms with E-state index in [2.05, 4.69) is 4.98 Å². The first-order valence-corrected chi connectivity index (χ1v) is 4.47. The number of aromatic nitrogens is 1. The summed E-state index contributed by atoms with van der Waals surface area (Å²) in [6.07, 6.45) is 3.81. The Balaban J connectivity index is 2.28. The molecule has 0 saturated heterocycles. The fourth-order valence-electron chi connectivity index (χ4n) is 1.14. The number of nitro groups is 1. The highest BCUT2D eigenvalue weighted by atomic mass is 16.6. The van der Waals surface area contributed by atoms with Crippen molar-refractivity contribution in [1.82, 2.24) is 4.98 Å². The number of rotatable bonds is 4. The predicted molar refractivity (Wildman–Crippen MR) is 49.9 cm³/mol. The second kappa shape index (κ2) is 3.64. The van der Waals surface area contributed by atoms with Gasteiger partial charge in [-0.3, -0.25) is 4.79 Å². The van der Waals surface area contributed by atoms with Crippen LogP contribution in [0.1, 0.15) is 23.2 Å². The van der Waals surface area contributed by atoms with Crippen molar-refractivity contribution in [2.24, 2.45) is 0 Å². The maximum Gasteiger partial charge on any atom is 0.374 e. The van der Waals surface area contributed by atoms with Crippen LogP contribution in [0.25, 0.3) is 0 Å². The van der Waals surface area contributed by atoms with Gasteiger partial charge in [-0.1, -0.05) is 0 Å². The average molecular weight is 208 g/mol.